The number of para-hydroxylation sites is 1. The Labute approximate surface area is 113 Å². The first-order valence-electron chi connectivity index (χ1n) is 6.27. The molecule has 1 aromatic carbocycles. The van der Waals surface area contributed by atoms with Crippen LogP contribution in [0.3, 0.4) is 0 Å². The summed E-state index contributed by atoms with van der Waals surface area (Å²) in [6, 6.07) is 9.30. The third kappa shape index (κ3) is 8.54. The minimum Gasteiger partial charge on any atom is -0.326 e. The lowest BCUT2D eigenvalue weighted by atomic mass is 10.2. The van der Waals surface area contributed by atoms with E-state index in [9.17, 15) is 9.36 Å². The van der Waals surface area contributed by atoms with Crippen molar-refractivity contribution in [1.29, 1.82) is 0 Å². The summed E-state index contributed by atoms with van der Waals surface area (Å²) in [7, 11) is -3.36. The van der Waals surface area contributed by atoms with Gasteiger partial charge < -0.3 is 14.7 Å². The van der Waals surface area contributed by atoms with Crippen molar-refractivity contribution in [2.45, 2.75) is 25.7 Å². The molecule has 0 saturated heterocycles. The molecule has 0 saturated carbocycles. The smallest absolute Gasteiger partial charge is 0.325 e. The minimum absolute atomic E-state index is 0.0181. The molecule has 0 aliphatic heterocycles. The molecule has 1 amide bonds. The van der Waals surface area contributed by atoms with Crippen LogP contribution in [0.2, 0.25) is 0 Å². The van der Waals surface area contributed by atoms with Gasteiger partial charge in [-0.1, -0.05) is 24.6 Å². The van der Waals surface area contributed by atoms with E-state index in [1.807, 2.05) is 30.3 Å². The predicted octanol–water partition coefficient (Wildman–Crippen LogP) is 3.02. The number of carbonyl (C=O) groups excluding carboxylic acids is 1. The van der Waals surface area contributed by atoms with Gasteiger partial charge >= 0.3 is 7.60 Å². The highest BCUT2D eigenvalue weighted by Crippen LogP contribution is 2.36. The Bertz CT molecular complexity index is 430. The minimum atomic E-state index is -3.36. The third-order valence-corrected chi connectivity index (χ3v) is 3.10. The zero-order valence-electron chi connectivity index (χ0n) is 11.0. The molecule has 2 N–H and O–H groups in total. The van der Waals surface area contributed by atoms with Gasteiger partial charge in [-0.05, 0) is 25.0 Å². The summed E-state index contributed by atoms with van der Waals surface area (Å²) in [6.45, 7) is 1.42. The molecule has 5 nitrogen and oxygen atoms in total. The molecule has 6 heteroatoms. The average molecular weight is 285 g/mol. The molecule has 0 aliphatic carbocycles. The molecule has 1 unspecified atom stereocenters. The lowest BCUT2D eigenvalue weighted by molar-refractivity contribution is -0.116. The first-order valence-corrected chi connectivity index (χ1v) is 8.29. The second kappa shape index (κ2) is 8.10. The van der Waals surface area contributed by atoms with E-state index in [0.29, 0.717) is 12.8 Å². The maximum atomic E-state index is 11.6. The molecule has 0 aromatic heterocycles. The fraction of sp³-hybridized carbons (Fsp3) is 0.462. The lowest BCUT2D eigenvalue weighted by Gasteiger charge is -2.07. The van der Waals surface area contributed by atoms with Gasteiger partial charge in [-0.15, -0.1) is 0 Å². The number of rotatable bonds is 8. The number of amides is 1. The molecule has 0 heterocycles. The van der Waals surface area contributed by atoms with Gasteiger partial charge in [-0.2, -0.15) is 0 Å². The number of hydrogen-bond acceptors (Lipinski definition) is 3. The summed E-state index contributed by atoms with van der Waals surface area (Å²) in [5.41, 5.74) is 0.794. The van der Waals surface area contributed by atoms with E-state index in [2.05, 4.69) is 5.32 Å². The summed E-state index contributed by atoms with van der Waals surface area (Å²) in [4.78, 5) is 20.5. The van der Waals surface area contributed by atoms with Crippen LogP contribution in [0.15, 0.2) is 30.3 Å². The second-order valence-electron chi connectivity index (χ2n) is 4.36. The van der Waals surface area contributed by atoms with Gasteiger partial charge in [0.05, 0.1) is 6.61 Å². The van der Waals surface area contributed by atoms with Gasteiger partial charge in [0.2, 0.25) is 5.91 Å². The quantitative estimate of drug-likeness (QED) is 0.568. The van der Waals surface area contributed by atoms with Gasteiger partial charge in [0.1, 0.15) is 0 Å². The second-order valence-corrected chi connectivity index (χ2v) is 6.23. The van der Waals surface area contributed by atoms with E-state index in [4.69, 9.17) is 9.42 Å². The van der Waals surface area contributed by atoms with E-state index in [0.717, 1.165) is 18.5 Å². The van der Waals surface area contributed by atoms with E-state index in [1.54, 1.807) is 0 Å². The number of anilines is 1. The number of hydrogen-bond donors (Lipinski definition) is 2. The molecule has 106 valence electrons. The Hall–Kier alpha value is -1.16. The molecule has 1 rings (SSSR count). The van der Waals surface area contributed by atoms with E-state index in [-0.39, 0.29) is 12.5 Å². The van der Waals surface area contributed by atoms with Crippen molar-refractivity contribution in [1.82, 2.24) is 0 Å². The van der Waals surface area contributed by atoms with E-state index < -0.39 is 7.60 Å². The van der Waals surface area contributed by atoms with Crippen LogP contribution in [0.1, 0.15) is 25.7 Å². The molecule has 0 fully saturated rings. The van der Waals surface area contributed by atoms with Crippen molar-refractivity contribution in [2.24, 2.45) is 0 Å². The standard InChI is InChI=1S/C13H20NO4P/c1-19(16,17)18-11-7-3-6-10-13(15)14-12-8-4-2-5-9-12/h2,4-5,8-9H,3,6-7,10-11H2,1H3,(H,14,15)(H,16,17). The maximum absolute atomic E-state index is 11.6. The number of carbonyl (C=O) groups is 1. The highest BCUT2D eigenvalue weighted by atomic mass is 31.2. The molecule has 0 radical (unpaired) electrons. The van der Waals surface area contributed by atoms with Crippen LogP contribution in [0.4, 0.5) is 5.69 Å². The molecular formula is C13H20NO4P. The SMILES string of the molecule is CP(=O)(O)OCCCCCC(=O)Nc1ccccc1. The zero-order valence-corrected chi connectivity index (χ0v) is 11.9. The van der Waals surface area contributed by atoms with Crippen LogP contribution in [0.5, 0.6) is 0 Å². The summed E-state index contributed by atoms with van der Waals surface area (Å²) >= 11 is 0. The molecule has 1 atom stereocenters. The third-order valence-electron chi connectivity index (χ3n) is 2.44. The Morgan fingerprint density at radius 2 is 1.95 bits per heavy atom. The zero-order chi connectivity index (χ0) is 14.1. The van der Waals surface area contributed by atoms with Gasteiger partial charge in [-0.3, -0.25) is 9.36 Å². The maximum Gasteiger partial charge on any atom is 0.325 e. The van der Waals surface area contributed by atoms with Crippen molar-refractivity contribution in [3.05, 3.63) is 30.3 Å². The van der Waals surface area contributed by atoms with Crippen LogP contribution in [0, 0.1) is 0 Å². The lowest BCUT2D eigenvalue weighted by Crippen LogP contribution is -2.10. The van der Waals surface area contributed by atoms with Crippen molar-refractivity contribution in [3.63, 3.8) is 0 Å². The number of unbranched alkanes of at least 4 members (excludes halogenated alkanes) is 2. The van der Waals surface area contributed by atoms with E-state index >= 15 is 0 Å². The fourth-order valence-corrected chi connectivity index (χ4v) is 2.01. The molecule has 0 bridgehead atoms. The largest absolute Gasteiger partial charge is 0.326 e. The summed E-state index contributed by atoms with van der Waals surface area (Å²) < 4.78 is 15.6. The molecular weight excluding hydrogens is 265 g/mol. The normalized spacial score (nSPS) is 13.8. The van der Waals surface area contributed by atoms with E-state index in [1.165, 1.54) is 6.66 Å². The highest BCUT2D eigenvalue weighted by Gasteiger charge is 2.08. The first-order chi connectivity index (χ1) is 8.97. The Balaban J connectivity index is 2.07. The van der Waals surface area contributed by atoms with Crippen LogP contribution in [-0.2, 0) is 13.9 Å². The number of benzene rings is 1. The Kier molecular flexibility index (Phi) is 6.78. The van der Waals surface area contributed by atoms with Gasteiger partial charge in [0.25, 0.3) is 0 Å². The highest BCUT2D eigenvalue weighted by molar-refractivity contribution is 7.51. The van der Waals surface area contributed by atoms with Gasteiger partial charge in [0, 0.05) is 18.8 Å². The van der Waals surface area contributed by atoms with Gasteiger partial charge in [-0.25, -0.2) is 0 Å². The molecule has 19 heavy (non-hydrogen) atoms. The van der Waals surface area contributed by atoms with Crippen LogP contribution >= 0.6 is 7.60 Å². The van der Waals surface area contributed by atoms with Crippen LogP contribution in [-0.4, -0.2) is 24.1 Å². The van der Waals surface area contributed by atoms with Gasteiger partial charge in [0.15, 0.2) is 0 Å². The fourth-order valence-electron chi connectivity index (χ4n) is 1.54. The predicted molar refractivity (Wildman–Crippen MR) is 75.2 cm³/mol. The summed E-state index contributed by atoms with van der Waals surface area (Å²) in [5.74, 6) is -0.0181. The molecule has 0 spiro atoms. The number of nitrogens with one attached hydrogen (secondary N) is 1. The monoisotopic (exact) mass is 285 g/mol. The Morgan fingerprint density at radius 1 is 1.26 bits per heavy atom. The molecule has 1 aromatic rings. The summed E-state index contributed by atoms with van der Waals surface area (Å²) in [6.07, 6.45) is 2.65. The topological polar surface area (TPSA) is 75.6 Å². The van der Waals surface area contributed by atoms with Crippen molar-refractivity contribution < 1.29 is 18.8 Å². The van der Waals surface area contributed by atoms with Crippen molar-refractivity contribution in [3.8, 4) is 0 Å². The average Bonchev–Trinajstić information content (AvgIpc) is 2.33. The van der Waals surface area contributed by atoms with Crippen LogP contribution < -0.4 is 5.32 Å². The van der Waals surface area contributed by atoms with Crippen molar-refractivity contribution in [2.75, 3.05) is 18.6 Å². The Morgan fingerprint density at radius 3 is 2.58 bits per heavy atom. The first kappa shape index (κ1) is 15.9. The van der Waals surface area contributed by atoms with Crippen molar-refractivity contribution >= 4 is 19.2 Å². The molecule has 0 aliphatic rings. The van der Waals surface area contributed by atoms with Crippen LogP contribution in [0.25, 0.3) is 0 Å². The summed E-state index contributed by atoms with van der Waals surface area (Å²) in [5, 5.41) is 2.80.